The number of carbonyl (C=O) groups is 1. The molecule has 1 saturated carbocycles. The van der Waals surface area contributed by atoms with Crippen molar-refractivity contribution in [2.24, 2.45) is 5.92 Å². The molecule has 3 nitrogen and oxygen atoms in total. The van der Waals surface area contributed by atoms with Crippen molar-refractivity contribution in [2.75, 3.05) is 22.9 Å². The minimum atomic E-state index is -6.29. The van der Waals surface area contributed by atoms with Crippen LogP contribution in [0.4, 0.5) is 46.5 Å². The quantitative estimate of drug-likeness (QED) is 0.241. The first-order valence-corrected chi connectivity index (χ1v) is 12.1. The van der Waals surface area contributed by atoms with Gasteiger partial charge in [0.25, 0.3) is 5.91 Å². The smallest absolute Gasteiger partial charge is 0.382 e. The van der Waals surface area contributed by atoms with Crippen molar-refractivity contribution in [3.63, 3.8) is 0 Å². The normalized spacial score (nSPS) is 14.7. The molecule has 0 atom stereocenters. The summed E-state index contributed by atoms with van der Waals surface area (Å²) >= 11 is 3.62. The largest absolute Gasteiger partial charge is 0.435 e. The van der Waals surface area contributed by atoms with Gasteiger partial charge in [0.1, 0.15) is 0 Å². The molecule has 1 aliphatic carbocycles. The molecule has 0 heterocycles. The molecule has 0 bridgehead atoms. The third-order valence-electron chi connectivity index (χ3n) is 5.29. The SMILES string of the molecule is CCSc1cc(C(F)(C(F)(F)F)C(F)(F)F)cc(Br)c1NC(=O)c1cccc(NCC2CC2)c1F. The van der Waals surface area contributed by atoms with Crippen molar-refractivity contribution < 1.29 is 39.9 Å². The van der Waals surface area contributed by atoms with Gasteiger partial charge in [0.15, 0.2) is 5.82 Å². The van der Waals surface area contributed by atoms with E-state index in [-0.39, 0.29) is 27.6 Å². The number of halogens is 9. The number of hydrogen-bond donors (Lipinski definition) is 2. The van der Waals surface area contributed by atoms with Gasteiger partial charge in [0.05, 0.1) is 16.9 Å². The fraction of sp³-hybridized carbons (Fsp3) is 0.409. The summed E-state index contributed by atoms with van der Waals surface area (Å²) in [5.74, 6) is -1.25. The Morgan fingerprint density at radius 2 is 1.71 bits per heavy atom. The summed E-state index contributed by atoms with van der Waals surface area (Å²) in [7, 11) is 0. The van der Waals surface area contributed by atoms with Crippen LogP contribution in [0.25, 0.3) is 0 Å². The van der Waals surface area contributed by atoms with Gasteiger partial charge in [-0.15, -0.1) is 11.8 Å². The highest BCUT2D eigenvalue weighted by atomic mass is 79.9. The van der Waals surface area contributed by atoms with Crippen LogP contribution in [0.5, 0.6) is 0 Å². The number of hydrogen-bond acceptors (Lipinski definition) is 3. The van der Waals surface area contributed by atoms with Crippen LogP contribution in [0.1, 0.15) is 35.7 Å². The Hall–Kier alpha value is -2.02. The van der Waals surface area contributed by atoms with Crippen LogP contribution in [0.15, 0.2) is 39.7 Å². The zero-order chi connectivity index (χ0) is 26.2. The van der Waals surface area contributed by atoms with Crippen LogP contribution in [0.2, 0.25) is 0 Å². The molecule has 0 saturated heterocycles. The van der Waals surface area contributed by atoms with Crippen molar-refractivity contribution in [1.82, 2.24) is 0 Å². The Morgan fingerprint density at radius 3 is 2.26 bits per heavy atom. The molecule has 35 heavy (non-hydrogen) atoms. The van der Waals surface area contributed by atoms with E-state index in [1.54, 1.807) is 6.92 Å². The summed E-state index contributed by atoms with van der Waals surface area (Å²) in [4.78, 5) is 12.5. The van der Waals surface area contributed by atoms with Gasteiger partial charge in [-0.05, 0) is 64.7 Å². The Labute approximate surface area is 208 Å². The molecule has 192 valence electrons. The highest BCUT2D eigenvalue weighted by Crippen LogP contribution is 2.54. The third kappa shape index (κ3) is 5.71. The lowest BCUT2D eigenvalue weighted by atomic mass is 9.94. The van der Waals surface area contributed by atoms with Crippen LogP contribution >= 0.6 is 27.7 Å². The third-order valence-corrected chi connectivity index (χ3v) is 6.84. The number of thioether (sulfide) groups is 1. The standard InChI is InChI=1S/C22H19BrF8N2OS/c1-2-35-16-9-12(20(25,21(26,27)28)22(29,30)31)8-14(23)18(16)33-19(34)13-4-3-5-15(17(13)24)32-10-11-6-7-11/h3-5,8-9,11,32H,2,6-7,10H2,1H3,(H,33,34). The minimum absolute atomic E-state index is 0.0830. The average molecular weight is 591 g/mol. The summed E-state index contributed by atoms with van der Waals surface area (Å²) in [5, 5.41) is 5.23. The number of nitrogens with one attached hydrogen (secondary N) is 2. The summed E-state index contributed by atoms with van der Waals surface area (Å²) < 4.78 is 108. The Bertz CT molecular complexity index is 1090. The number of anilines is 2. The fourth-order valence-corrected chi connectivity index (χ4v) is 4.78. The first-order chi connectivity index (χ1) is 16.2. The lowest BCUT2D eigenvalue weighted by Gasteiger charge is -2.31. The molecule has 0 unspecified atom stereocenters. The molecular weight excluding hydrogens is 572 g/mol. The van der Waals surface area contributed by atoms with E-state index >= 15 is 0 Å². The molecule has 1 fully saturated rings. The van der Waals surface area contributed by atoms with E-state index in [0.29, 0.717) is 24.6 Å². The average Bonchev–Trinajstić information content (AvgIpc) is 3.57. The first kappa shape index (κ1) is 27.6. The fourth-order valence-electron chi connectivity index (χ4n) is 3.26. The second kappa shape index (κ2) is 10.2. The van der Waals surface area contributed by atoms with E-state index < -0.39 is 39.8 Å². The molecule has 1 amide bonds. The molecule has 2 aromatic rings. The van der Waals surface area contributed by atoms with Gasteiger partial charge < -0.3 is 10.6 Å². The van der Waals surface area contributed by atoms with E-state index in [4.69, 9.17) is 0 Å². The Morgan fingerprint density at radius 1 is 1.09 bits per heavy atom. The van der Waals surface area contributed by atoms with Gasteiger partial charge in [-0.2, -0.15) is 26.3 Å². The maximum absolute atomic E-state index is 14.9. The monoisotopic (exact) mass is 590 g/mol. The Balaban J connectivity index is 1.99. The molecule has 0 aromatic heterocycles. The predicted octanol–water partition coefficient (Wildman–Crippen LogP) is 8.06. The molecule has 1 aliphatic rings. The molecule has 0 aliphatic heterocycles. The van der Waals surface area contributed by atoms with E-state index in [1.165, 1.54) is 18.2 Å². The molecule has 0 spiro atoms. The number of carbonyl (C=O) groups excluding carboxylic acids is 1. The minimum Gasteiger partial charge on any atom is -0.382 e. The lowest BCUT2D eigenvalue weighted by Crippen LogP contribution is -2.50. The van der Waals surface area contributed by atoms with Crippen molar-refractivity contribution >= 4 is 45.0 Å². The van der Waals surface area contributed by atoms with Crippen molar-refractivity contribution in [1.29, 1.82) is 0 Å². The van der Waals surface area contributed by atoms with E-state index in [2.05, 4.69) is 26.6 Å². The number of benzene rings is 2. The molecule has 2 aromatic carbocycles. The van der Waals surface area contributed by atoms with Gasteiger partial charge >= 0.3 is 18.0 Å². The number of alkyl halides is 7. The lowest BCUT2D eigenvalue weighted by molar-refractivity contribution is -0.348. The van der Waals surface area contributed by atoms with Gasteiger partial charge in [-0.25, -0.2) is 8.78 Å². The maximum Gasteiger partial charge on any atom is 0.435 e. The summed E-state index contributed by atoms with van der Waals surface area (Å²) in [6, 6.07) is 4.74. The molecule has 0 radical (unpaired) electrons. The molecule has 13 heteroatoms. The van der Waals surface area contributed by atoms with Crippen LogP contribution < -0.4 is 10.6 Å². The maximum atomic E-state index is 14.9. The molecule has 2 N–H and O–H groups in total. The zero-order valence-corrected chi connectivity index (χ0v) is 20.4. The van der Waals surface area contributed by atoms with Gasteiger partial charge in [0.2, 0.25) is 0 Å². The van der Waals surface area contributed by atoms with Crippen molar-refractivity contribution in [3.05, 3.63) is 51.7 Å². The summed E-state index contributed by atoms with van der Waals surface area (Å²) in [6.45, 7) is 2.08. The predicted molar refractivity (Wildman–Crippen MR) is 121 cm³/mol. The number of rotatable bonds is 8. The van der Waals surface area contributed by atoms with Gasteiger partial charge in [-0.3, -0.25) is 4.79 Å². The van der Waals surface area contributed by atoms with E-state index in [1.807, 2.05) is 0 Å². The topological polar surface area (TPSA) is 41.1 Å². The first-order valence-electron chi connectivity index (χ1n) is 10.3. The van der Waals surface area contributed by atoms with E-state index in [0.717, 1.165) is 24.6 Å². The summed E-state index contributed by atoms with van der Waals surface area (Å²) in [5.41, 5.74) is -7.86. The molecule has 3 rings (SSSR count). The highest BCUT2D eigenvalue weighted by Gasteiger charge is 2.73. The van der Waals surface area contributed by atoms with Gasteiger partial charge in [-0.1, -0.05) is 13.0 Å². The van der Waals surface area contributed by atoms with Crippen molar-refractivity contribution in [2.45, 2.75) is 42.7 Å². The van der Waals surface area contributed by atoms with Crippen LogP contribution in [0, 0.1) is 11.7 Å². The Kier molecular flexibility index (Phi) is 8.00. The van der Waals surface area contributed by atoms with Crippen LogP contribution in [-0.2, 0) is 5.67 Å². The highest BCUT2D eigenvalue weighted by molar-refractivity contribution is 9.10. The van der Waals surface area contributed by atoms with E-state index in [9.17, 15) is 39.9 Å². The molecular formula is C22H19BrF8N2OS. The second-order valence-corrected chi connectivity index (χ2v) is 10.0. The second-order valence-electron chi connectivity index (χ2n) is 7.86. The van der Waals surface area contributed by atoms with Crippen LogP contribution in [-0.4, -0.2) is 30.6 Å². The van der Waals surface area contributed by atoms with Gasteiger partial charge in [0, 0.05) is 21.5 Å². The number of amides is 1. The summed E-state index contributed by atoms with van der Waals surface area (Å²) in [6.07, 6.45) is -10.6. The zero-order valence-electron chi connectivity index (χ0n) is 18.0. The van der Waals surface area contributed by atoms with Crippen LogP contribution in [0.3, 0.4) is 0 Å². The van der Waals surface area contributed by atoms with Crippen molar-refractivity contribution in [3.8, 4) is 0 Å².